The van der Waals surface area contributed by atoms with E-state index in [1.165, 1.54) is 27.6 Å². The molecule has 3 heterocycles. The molecule has 0 radical (unpaired) electrons. The summed E-state index contributed by atoms with van der Waals surface area (Å²) in [5.41, 5.74) is 8.03. The minimum Gasteiger partial charge on any atom is -0.454 e. The van der Waals surface area contributed by atoms with E-state index in [9.17, 15) is 4.39 Å². The number of rotatable bonds is 2. The molecule has 0 N–H and O–H groups in total. The van der Waals surface area contributed by atoms with Gasteiger partial charge in [0.25, 0.3) is 0 Å². The maximum atomic E-state index is 15.7. The van der Waals surface area contributed by atoms with E-state index < -0.39 is 8.07 Å². The van der Waals surface area contributed by atoms with Crippen LogP contribution in [0.25, 0.3) is 55.4 Å². The Bertz CT molecular complexity index is 2000. The quantitative estimate of drug-likeness (QED) is 0.167. The minimum absolute atomic E-state index is 0.270. The Balaban J connectivity index is 1.50. The van der Waals surface area contributed by atoms with Crippen LogP contribution in [0.1, 0.15) is 11.1 Å². The van der Waals surface area contributed by atoms with Gasteiger partial charge < -0.3 is 4.42 Å². The Hall–Kier alpha value is -4.09. The smallest absolute Gasteiger partial charge is 0.219 e. The molecular weight excluding hydrogens is 504 g/mol. The highest BCUT2D eigenvalue weighted by Gasteiger charge is 2.37. The van der Waals surface area contributed by atoms with Gasteiger partial charge in [-0.1, -0.05) is 67.7 Å². The van der Waals surface area contributed by atoms with Gasteiger partial charge in [-0.05, 0) is 58.6 Å². The number of pyridine rings is 1. The van der Waals surface area contributed by atoms with Crippen LogP contribution in [0.3, 0.4) is 0 Å². The van der Waals surface area contributed by atoms with Crippen molar-refractivity contribution in [3.05, 3.63) is 102 Å². The molecule has 0 saturated heterocycles. The van der Waals surface area contributed by atoms with Gasteiger partial charge in [-0.15, -0.1) is 0 Å². The summed E-state index contributed by atoms with van der Waals surface area (Å²) >= 11 is 0. The molecule has 0 spiro atoms. The van der Waals surface area contributed by atoms with E-state index in [0.29, 0.717) is 28.0 Å². The molecule has 6 aromatic rings. The number of fused-ring (bicyclic) bond motifs is 6. The highest BCUT2D eigenvalue weighted by Crippen LogP contribution is 2.42. The SMILES string of the molecule is Cc1c[n+](C)c(-c2c(C)ccc3c2oc2c(-c4ccc5c(c4)[Si](C)(C)c4ccccc4-5)c(F)ccc23)cc1F. The van der Waals surface area contributed by atoms with Gasteiger partial charge in [0, 0.05) is 22.4 Å². The molecule has 0 aliphatic carbocycles. The average Bonchev–Trinajstić information content (AvgIpc) is 3.39. The fraction of sp³-hybridized carbons (Fsp3) is 0.147. The summed E-state index contributed by atoms with van der Waals surface area (Å²) in [4.78, 5) is 0. The predicted molar refractivity (Wildman–Crippen MR) is 157 cm³/mol. The summed E-state index contributed by atoms with van der Waals surface area (Å²) in [6.07, 6.45) is 1.78. The van der Waals surface area contributed by atoms with Crippen LogP contribution in [-0.2, 0) is 7.05 Å². The summed E-state index contributed by atoms with van der Waals surface area (Å²) < 4.78 is 38.9. The second-order valence-electron chi connectivity index (χ2n) is 11.3. The number of aryl methyl sites for hydroxylation is 3. The Morgan fingerprint density at radius 1 is 0.692 bits per heavy atom. The van der Waals surface area contributed by atoms with Crippen LogP contribution < -0.4 is 14.9 Å². The van der Waals surface area contributed by atoms with Gasteiger partial charge in [-0.25, -0.2) is 13.3 Å². The molecule has 5 heteroatoms. The Morgan fingerprint density at radius 3 is 2.18 bits per heavy atom. The van der Waals surface area contributed by atoms with Crippen molar-refractivity contribution in [3.63, 3.8) is 0 Å². The first-order valence-electron chi connectivity index (χ1n) is 13.2. The van der Waals surface area contributed by atoms with E-state index >= 15 is 4.39 Å². The van der Waals surface area contributed by atoms with Gasteiger partial charge >= 0.3 is 0 Å². The van der Waals surface area contributed by atoms with Crippen molar-refractivity contribution in [2.45, 2.75) is 26.9 Å². The summed E-state index contributed by atoms with van der Waals surface area (Å²) in [5, 5.41) is 4.46. The van der Waals surface area contributed by atoms with Crippen molar-refractivity contribution in [3.8, 4) is 33.5 Å². The molecule has 39 heavy (non-hydrogen) atoms. The van der Waals surface area contributed by atoms with E-state index in [1.54, 1.807) is 25.3 Å². The number of benzene rings is 4. The molecule has 0 atom stereocenters. The van der Waals surface area contributed by atoms with Crippen LogP contribution in [0.4, 0.5) is 8.78 Å². The van der Waals surface area contributed by atoms with Gasteiger partial charge in [0.05, 0.1) is 11.1 Å². The molecule has 0 amide bonds. The van der Waals surface area contributed by atoms with Crippen molar-refractivity contribution >= 4 is 40.4 Å². The van der Waals surface area contributed by atoms with Crippen LogP contribution in [-0.4, -0.2) is 8.07 Å². The molecule has 7 rings (SSSR count). The lowest BCUT2D eigenvalue weighted by atomic mass is 9.97. The number of furan rings is 1. The fourth-order valence-corrected chi connectivity index (χ4v) is 9.53. The van der Waals surface area contributed by atoms with Gasteiger partial charge in [-0.2, -0.15) is 0 Å². The third-order valence-electron chi connectivity index (χ3n) is 8.50. The molecular formula is C34H28F2NOSi+. The lowest BCUT2D eigenvalue weighted by Crippen LogP contribution is -2.49. The second-order valence-corrected chi connectivity index (χ2v) is 15.6. The van der Waals surface area contributed by atoms with Crippen molar-refractivity contribution in [2.24, 2.45) is 7.05 Å². The van der Waals surface area contributed by atoms with E-state index in [-0.39, 0.29) is 11.6 Å². The minimum atomic E-state index is -1.93. The Labute approximate surface area is 227 Å². The summed E-state index contributed by atoms with van der Waals surface area (Å²) in [7, 11) is -0.0259. The topological polar surface area (TPSA) is 17.0 Å². The lowest BCUT2D eigenvalue weighted by molar-refractivity contribution is -0.661. The molecule has 0 bridgehead atoms. The first-order valence-corrected chi connectivity index (χ1v) is 16.2. The molecule has 2 nitrogen and oxygen atoms in total. The van der Waals surface area contributed by atoms with E-state index in [1.807, 2.05) is 36.7 Å². The largest absolute Gasteiger partial charge is 0.454 e. The summed E-state index contributed by atoms with van der Waals surface area (Å²) in [6, 6.07) is 23.8. The summed E-state index contributed by atoms with van der Waals surface area (Å²) in [5.74, 6) is -0.588. The lowest BCUT2D eigenvalue weighted by Gasteiger charge is -2.19. The number of halogens is 2. The highest BCUT2D eigenvalue weighted by atomic mass is 28.3. The van der Waals surface area contributed by atoms with Crippen molar-refractivity contribution in [2.75, 3.05) is 0 Å². The zero-order valence-corrected chi connectivity index (χ0v) is 23.6. The zero-order valence-electron chi connectivity index (χ0n) is 22.6. The predicted octanol–water partition coefficient (Wildman–Crippen LogP) is 7.44. The van der Waals surface area contributed by atoms with E-state index in [2.05, 4.69) is 49.5 Å². The maximum absolute atomic E-state index is 15.7. The van der Waals surface area contributed by atoms with E-state index in [4.69, 9.17) is 4.42 Å². The van der Waals surface area contributed by atoms with Crippen LogP contribution in [0.5, 0.6) is 0 Å². The van der Waals surface area contributed by atoms with Crippen LogP contribution in [0.15, 0.2) is 83.4 Å². The van der Waals surface area contributed by atoms with Crippen molar-refractivity contribution < 1.29 is 17.8 Å². The molecule has 192 valence electrons. The molecule has 0 saturated carbocycles. The maximum Gasteiger partial charge on any atom is 0.219 e. The highest BCUT2D eigenvalue weighted by molar-refractivity contribution is 7.03. The third kappa shape index (κ3) is 3.32. The van der Waals surface area contributed by atoms with Gasteiger partial charge in [-0.3, -0.25) is 0 Å². The number of aromatic nitrogens is 1. The second kappa shape index (κ2) is 8.20. The fourth-order valence-electron chi connectivity index (χ4n) is 6.43. The van der Waals surface area contributed by atoms with E-state index in [0.717, 1.165) is 27.5 Å². The van der Waals surface area contributed by atoms with Crippen LogP contribution in [0.2, 0.25) is 13.1 Å². The van der Waals surface area contributed by atoms with Gasteiger partial charge in [0.1, 0.15) is 37.9 Å². The normalized spacial score (nSPS) is 13.7. The standard InChI is InChI=1S/C34H28F2NOSi/c1-19-10-12-24-25-14-15-26(35)32(34(25)38-33(24)31(19)28-17-27(36)20(2)18-37(28)3)21-11-13-23-22-8-6-7-9-29(22)39(4,5)30(23)16-21/h6-18H,1-5H3/q+1. The monoisotopic (exact) mass is 532 g/mol. The molecule has 1 aliphatic heterocycles. The Morgan fingerprint density at radius 2 is 1.38 bits per heavy atom. The van der Waals surface area contributed by atoms with Crippen molar-refractivity contribution in [1.29, 1.82) is 0 Å². The summed E-state index contributed by atoms with van der Waals surface area (Å²) in [6.45, 7) is 8.46. The molecule has 1 aliphatic rings. The Kier molecular flexibility index (Phi) is 5.04. The zero-order chi connectivity index (χ0) is 27.2. The first-order chi connectivity index (χ1) is 18.7. The number of hydrogen-bond acceptors (Lipinski definition) is 1. The average molecular weight is 533 g/mol. The van der Waals surface area contributed by atoms with Gasteiger partial charge in [0.15, 0.2) is 6.20 Å². The van der Waals surface area contributed by atoms with Crippen molar-refractivity contribution in [1.82, 2.24) is 0 Å². The molecule has 0 fully saturated rings. The number of hydrogen-bond donors (Lipinski definition) is 0. The molecule has 0 unspecified atom stereocenters. The molecule has 4 aromatic carbocycles. The van der Waals surface area contributed by atoms with Crippen LogP contribution in [0, 0.1) is 25.5 Å². The third-order valence-corrected chi connectivity index (χ3v) is 12.0. The van der Waals surface area contributed by atoms with Gasteiger partial charge in [0.2, 0.25) is 5.69 Å². The first kappa shape index (κ1) is 24.0. The van der Waals surface area contributed by atoms with Crippen LogP contribution >= 0.6 is 0 Å². The molecule has 2 aromatic heterocycles. The number of nitrogens with zero attached hydrogens (tertiary/aromatic N) is 1.